The average molecular weight is 409 g/mol. The molecular weight excluding hydrogens is 386 g/mol. The van der Waals surface area contributed by atoms with Gasteiger partial charge in [0.25, 0.3) is 5.91 Å². The molecule has 0 aliphatic rings. The number of rotatable bonds is 7. The highest BCUT2D eigenvalue weighted by Gasteiger charge is 2.20. The first-order valence-corrected chi connectivity index (χ1v) is 10.00. The molecule has 0 saturated carbocycles. The Bertz CT molecular complexity index is 1170. The molecule has 0 bridgehead atoms. The van der Waals surface area contributed by atoms with Crippen LogP contribution in [-0.2, 0) is 6.42 Å². The molecule has 4 aromatic rings. The quantitative estimate of drug-likeness (QED) is 0.273. The fourth-order valence-electron chi connectivity index (χ4n) is 3.39. The zero-order valence-electron chi connectivity index (χ0n) is 16.9. The molecule has 1 heterocycles. The van der Waals surface area contributed by atoms with Crippen molar-refractivity contribution in [3.8, 4) is 11.3 Å². The SMILES string of the molecule is N=C(N)c1ccc(-c2cnc([C@H](Cc3ccccc3)NC(=O)c3ccccc3)[nH]2)cc1. The number of nitrogens with one attached hydrogen (secondary N) is 3. The Kier molecular flexibility index (Phi) is 5.89. The van der Waals surface area contributed by atoms with E-state index < -0.39 is 0 Å². The van der Waals surface area contributed by atoms with E-state index in [1.54, 1.807) is 30.5 Å². The number of benzene rings is 3. The zero-order chi connectivity index (χ0) is 21.6. The van der Waals surface area contributed by atoms with Gasteiger partial charge in [0.05, 0.1) is 17.9 Å². The van der Waals surface area contributed by atoms with E-state index in [1.807, 2.05) is 60.7 Å². The second kappa shape index (κ2) is 9.09. The van der Waals surface area contributed by atoms with E-state index in [0.717, 1.165) is 16.8 Å². The fraction of sp³-hybridized carbons (Fsp3) is 0.0800. The number of imidazole rings is 1. The van der Waals surface area contributed by atoms with Crippen LogP contribution in [0, 0.1) is 5.41 Å². The number of amides is 1. The van der Waals surface area contributed by atoms with E-state index in [1.165, 1.54) is 0 Å². The minimum atomic E-state index is -0.319. The average Bonchev–Trinajstić information content (AvgIpc) is 3.30. The molecule has 6 nitrogen and oxygen atoms in total. The van der Waals surface area contributed by atoms with Gasteiger partial charge in [-0.2, -0.15) is 0 Å². The van der Waals surface area contributed by atoms with Gasteiger partial charge in [-0.05, 0) is 29.7 Å². The summed E-state index contributed by atoms with van der Waals surface area (Å²) in [7, 11) is 0. The molecule has 0 fully saturated rings. The van der Waals surface area contributed by atoms with E-state index >= 15 is 0 Å². The number of H-pyrrole nitrogens is 1. The van der Waals surface area contributed by atoms with Gasteiger partial charge in [0.15, 0.2) is 0 Å². The normalized spacial score (nSPS) is 11.6. The third-order valence-corrected chi connectivity index (χ3v) is 5.06. The molecule has 1 atom stereocenters. The predicted molar refractivity (Wildman–Crippen MR) is 122 cm³/mol. The van der Waals surface area contributed by atoms with Gasteiger partial charge in [0, 0.05) is 11.1 Å². The van der Waals surface area contributed by atoms with Crippen LogP contribution in [0.25, 0.3) is 11.3 Å². The lowest BCUT2D eigenvalue weighted by Gasteiger charge is -2.17. The highest BCUT2D eigenvalue weighted by molar-refractivity contribution is 5.95. The van der Waals surface area contributed by atoms with E-state index in [-0.39, 0.29) is 17.8 Å². The van der Waals surface area contributed by atoms with Crippen LogP contribution in [0.2, 0.25) is 0 Å². The Hall–Kier alpha value is -4.19. The van der Waals surface area contributed by atoms with E-state index in [9.17, 15) is 4.79 Å². The standard InChI is InChI=1S/C25H23N5O/c26-23(27)19-13-11-18(12-14-19)22-16-28-24(29-22)21(15-17-7-3-1-4-8-17)30-25(31)20-9-5-2-6-10-20/h1-14,16,21H,15H2,(H3,26,27)(H,28,29)(H,30,31)/t21-/m0/s1. The van der Waals surface area contributed by atoms with Crippen molar-refractivity contribution in [1.82, 2.24) is 15.3 Å². The van der Waals surface area contributed by atoms with Crippen LogP contribution in [0.5, 0.6) is 0 Å². The van der Waals surface area contributed by atoms with Crippen LogP contribution < -0.4 is 11.1 Å². The first-order valence-electron chi connectivity index (χ1n) is 10.00. The van der Waals surface area contributed by atoms with Crippen molar-refractivity contribution in [3.63, 3.8) is 0 Å². The summed E-state index contributed by atoms with van der Waals surface area (Å²) in [4.78, 5) is 20.7. The summed E-state index contributed by atoms with van der Waals surface area (Å²) in [6, 6.07) is 26.2. The number of amidine groups is 1. The summed E-state index contributed by atoms with van der Waals surface area (Å²) >= 11 is 0. The topological polar surface area (TPSA) is 108 Å². The van der Waals surface area contributed by atoms with Gasteiger partial charge in [-0.3, -0.25) is 10.2 Å². The van der Waals surface area contributed by atoms with Gasteiger partial charge < -0.3 is 16.0 Å². The Balaban J connectivity index is 1.60. The molecule has 1 aromatic heterocycles. The van der Waals surface area contributed by atoms with Crippen LogP contribution in [0.1, 0.15) is 33.4 Å². The number of carbonyl (C=O) groups excluding carboxylic acids is 1. The molecule has 0 spiro atoms. The number of nitrogen functional groups attached to an aromatic ring is 1. The van der Waals surface area contributed by atoms with Crippen molar-refractivity contribution >= 4 is 11.7 Å². The largest absolute Gasteiger partial charge is 0.384 e. The van der Waals surface area contributed by atoms with Crippen LogP contribution >= 0.6 is 0 Å². The molecular formula is C25H23N5O. The fourth-order valence-corrected chi connectivity index (χ4v) is 3.39. The lowest BCUT2D eigenvalue weighted by atomic mass is 10.0. The number of nitrogens with zero attached hydrogens (tertiary/aromatic N) is 1. The number of carbonyl (C=O) groups is 1. The van der Waals surface area contributed by atoms with Crippen molar-refractivity contribution in [2.75, 3.05) is 0 Å². The smallest absolute Gasteiger partial charge is 0.251 e. The second-order valence-corrected chi connectivity index (χ2v) is 7.25. The summed E-state index contributed by atoms with van der Waals surface area (Å²) < 4.78 is 0. The Labute approximate surface area is 180 Å². The van der Waals surface area contributed by atoms with E-state index in [4.69, 9.17) is 11.1 Å². The van der Waals surface area contributed by atoms with Crippen LogP contribution in [0.3, 0.4) is 0 Å². The maximum Gasteiger partial charge on any atom is 0.251 e. The Morgan fingerprint density at radius 3 is 2.23 bits per heavy atom. The summed E-state index contributed by atoms with van der Waals surface area (Å²) in [5.74, 6) is 0.562. The molecule has 6 heteroatoms. The maximum absolute atomic E-state index is 12.8. The maximum atomic E-state index is 12.8. The molecule has 0 saturated heterocycles. The summed E-state index contributed by atoms with van der Waals surface area (Å²) in [5.41, 5.74) is 9.67. The minimum absolute atomic E-state index is 0.0309. The molecule has 0 aliphatic carbocycles. The second-order valence-electron chi connectivity index (χ2n) is 7.25. The molecule has 5 N–H and O–H groups in total. The molecule has 1 amide bonds. The number of hydrogen-bond donors (Lipinski definition) is 4. The van der Waals surface area contributed by atoms with E-state index in [0.29, 0.717) is 23.4 Å². The third kappa shape index (κ3) is 4.87. The van der Waals surface area contributed by atoms with Crippen LogP contribution in [0.15, 0.2) is 91.1 Å². The van der Waals surface area contributed by atoms with Gasteiger partial charge in [0.1, 0.15) is 11.7 Å². The Morgan fingerprint density at radius 1 is 0.935 bits per heavy atom. The first-order chi connectivity index (χ1) is 15.1. The molecule has 0 radical (unpaired) electrons. The minimum Gasteiger partial charge on any atom is -0.384 e. The molecule has 154 valence electrons. The van der Waals surface area contributed by atoms with Crippen LogP contribution in [-0.4, -0.2) is 21.7 Å². The number of aromatic amines is 1. The number of nitrogens with two attached hydrogens (primary N) is 1. The van der Waals surface area contributed by atoms with Crippen molar-refractivity contribution < 1.29 is 4.79 Å². The summed E-state index contributed by atoms with van der Waals surface area (Å²) in [6.07, 6.45) is 2.36. The van der Waals surface area contributed by atoms with Gasteiger partial charge in [0.2, 0.25) is 0 Å². The van der Waals surface area contributed by atoms with Gasteiger partial charge >= 0.3 is 0 Å². The number of hydrogen-bond acceptors (Lipinski definition) is 3. The van der Waals surface area contributed by atoms with E-state index in [2.05, 4.69) is 15.3 Å². The van der Waals surface area contributed by atoms with Crippen molar-refractivity contribution in [1.29, 1.82) is 5.41 Å². The summed E-state index contributed by atoms with van der Waals surface area (Å²) in [5, 5.41) is 10.6. The predicted octanol–water partition coefficient (Wildman–Crippen LogP) is 4.07. The highest BCUT2D eigenvalue weighted by Crippen LogP contribution is 2.22. The van der Waals surface area contributed by atoms with Gasteiger partial charge in [-0.1, -0.05) is 72.8 Å². The lowest BCUT2D eigenvalue weighted by molar-refractivity contribution is 0.0935. The first kappa shape index (κ1) is 20.1. The molecule has 3 aromatic carbocycles. The molecule has 4 rings (SSSR count). The lowest BCUT2D eigenvalue weighted by Crippen LogP contribution is -2.30. The third-order valence-electron chi connectivity index (χ3n) is 5.06. The Morgan fingerprint density at radius 2 is 1.58 bits per heavy atom. The van der Waals surface area contributed by atoms with Gasteiger partial charge in [-0.25, -0.2) is 4.98 Å². The molecule has 0 aliphatic heterocycles. The molecule has 0 unspecified atom stereocenters. The highest BCUT2D eigenvalue weighted by atomic mass is 16.1. The summed E-state index contributed by atoms with van der Waals surface area (Å²) in [6.45, 7) is 0. The van der Waals surface area contributed by atoms with Crippen molar-refractivity contribution in [3.05, 3.63) is 114 Å². The number of aromatic nitrogens is 2. The van der Waals surface area contributed by atoms with Gasteiger partial charge in [-0.15, -0.1) is 0 Å². The zero-order valence-corrected chi connectivity index (χ0v) is 16.9. The van der Waals surface area contributed by atoms with Crippen molar-refractivity contribution in [2.24, 2.45) is 5.73 Å². The van der Waals surface area contributed by atoms with Crippen LogP contribution in [0.4, 0.5) is 0 Å². The van der Waals surface area contributed by atoms with Crippen molar-refractivity contribution in [2.45, 2.75) is 12.5 Å². The monoisotopic (exact) mass is 409 g/mol. The molecule has 31 heavy (non-hydrogen) atoms.